The molecule has 0 bridgehead atoms. The molecule has 2 N–H and O–H groups in total. The van der Waals surface area contributed by atoms with Crippen LogP contribution < -0.4 is 4.84 Å². The van der Waals surface area contributed by atoms with Crippen LogP contribution in [-0.4, -0.2) is 35.6 Å². The van der Waals surface area contributed by atoms with Crippen LogP contribution in [0, 0.1) is 0 Å². The Bertz CT molecular complexity index is 500. The van der Waals surface area contributed by atoms with Crippen LogP contribution in [0.15, 0.2) is 11.0 Å². The van der Waals surface area contributed by atoms with Crippen molar-refractivity contribution in [2.45, 2.75) is 11.8 Å². The van der Waals surface area contributed by atoms with Crippen LogP contribution in [0.5, 0.6) is 11.8 Å². The molecule has 0 amide bonds. The molecule has 1 aromatic rings. The number of carbonyl (C=O) groups is 1. The lowest BCUT2D eigenvalue weighted by Crippen LogP contribution is -2.15. The summed E-state index contributed by atoms with van der Waals surface area (Å²) in [4.78, 5) is 14.4. The Morgan fingerprint density at radius 1 is 1.47 bits per heavy atom. The maximum absolute atomic E-state index is 11.1. The van der Waals surface area contributed by atoms with Crippen LogP contribution in [0.2, 0.25) is 0 Å². The summed E-state index contributed by atoms with van der Waals surface area (Å²) in [5, 5.41) is 18.5. The van der Waals surface area contributed by atoms with E-state index in [9.17, 15) is 23.4 Å². The van der Waals surface area contributed by atoms with E-state index in [1.54, 1.807) is 0 Å². The van der Waals surface area contributed by atoms with E-state index in [4.69, 9.17) is 0 Å². The van der Waals surface area contributed by atoms with Gasteiger partial charge in [-0.2, -0.15) is 0 Å². The molecule has 1 heterocycles. The molecule has 0 aliphatic rings. The number of hydrogen-bond acceptors (Lipinski definition) is 6. The fourth-order valence-corrected chi connectivity index (χ4v) is 1.67. The molecule has 84 valence electrons. The Morgan fingerprint density at radius 3 is 2.33 bits per heavy atom. The van der Waals surface area contributed by atoms with Gasteiger partial charge in [-0.1, -0.05) is 0 Å². The smallest absolute Gasteiger partial charge is 0.330 e. The van der Waals surface area contributed by atoms with E-state index in [1.165, 1.54) is 0 Å². The van der Waals surface area contributed by atoms with Gasteiger partial charge in [0.25, 0.3) is 0 Å². The predicted octanol–water partition coefficient (Wildman–Crippen LogP) is -0.722. The maximum Gasteiger partial charge on any atom is 0.330 e. The number of aromatic nitrogens is 1. The fourth-order valence-electron chi connectivity index (χ4n) is 0.940. The monoisotopic (exact) mass is 235 g/mol. The minimum atomic E-state index is -3.69. The van der Waals surface area contributed by atoms with Crippen molar-refractivity contribution in [3.8, 4) is 11.8 Å². The summed E-state index contributed by atoms with van der Waals surface area (Å²) in [6.45, 7) is 1.04. The third kappa shape index (κ3) is 2.21. The Morgan fingerprint density at radius 2 is 2.00 bits per heavy atom. The van der Waals surface area contributed by atoms with Gasteiger partial charge in [0.05, 0.1) is 0 Å². The van der Waals surface area contributed by atoms with Crippen molar-refractivity contribution in [1.82, 2.24) is 4.73 Å². The Kier molecular flexibility index (Phi) is 2.63. The van der Waals surface area contributed by atoms with Crippen molar-refractivity contribution in [2.75, 3.05) is 6.26 Å². The summed E-state index contributed by atoms with van der Waals surface area (Å²) in [5.41, 5.74) is 0. The van der Waals surface area contributed by atoms with Crippen LogP contribution in [0.4, 0.5) is 0 Å². The molecule has 1 rings (SSSR count). The SMILES string of the molecule is CC(=O)On1c(O)cc(S(C)(=O)=O)c1O. The van der Waals surface area contributed by atoms with E-state index in [1.807, 2.05) is 0 Å². The van der Waals surface area contributed by atoms with Crippen molar-refractivity contribution in [1.29, 1.82) is 0 Å². The largest absolute Gasteiger partial charge is 0.492 e. The van der Waals surface area contributed by atoms with Gasteiger partial charge >= 0.3 is 5.97 Å². The molecule has 0 aliphatic heterocycles. The van der Waals surface area contributed by atoms with E-state index >= 15 is 0 Å². The summed E-state index contributed by atoms with van der Waals surface area (Å²) < 4.78 is 22.5. The second kappa shape index (κ2) is 3.46. The number of carbonyl (C=O) groups excluding carboxylic acids is 1. The van der Waals surface area contributed by atoms with E-state index in [0.29, 0.717) is 4.73 Å². The van der Waals surface area contributed by atoms with Gasteiger partial charge < -0.3 is 15.1 Å². The van der Waals surface area contributed by atoms with E-state index < -0.39 is 32.5 Å². The Balaban J connectivity index is 3.33. The molecule has 1 aromatic heterocycles. The first-order valence-electron chi connectivity index (χ1n) is 3.76. The van der Waals surface area contributed by atoms with Crippen molar-refractivity contribution >= 4 is 15.8 Å². The topological polar surface area (TPSA) is 106 Å². The predicted molar refractivity (Wildman–Crippen MR) is 48.1 cm³/mol. The van der Waals surface area contributed by atoms with Gasteiger partial charge in [0.1, 0.15) is 4.90 Å². The highest BCUT2D eigenvalue weighted by atomic mass is 32.2. The van der Waals surface area contributed by atoms with Crippen molar-refractivity contribution < 1.29 is 28.3 Å². The van der Waals surface area contributed by atoms with Gasteiger partial charge in [0.2, 0.25) is 11.8 Å². The zero-order chi connectivity index (χ0) is 11.8. The third-order valence-electron chi connectivity index (χ3n) is 1.50. The van der Waals surface area contributed by atoms with Crippen LogP contribution >= 0.6 is 0 Å². The molecular weight excluding hydrogens is 226 g/mol. The van der Waals surface area contributed by atoms with Crippen LogP contribution in [0.3, 0.4) is 0 Å². The first-order chi connectivity index (χ1) is 6.73. The first-order valence-corrected chi connectivity index (χ1v) is 5.65. The highest BCUT2D eigenvalue weighted by Crippen LogP contribution is 2.29. The molecule has 0 aliphatic carbocycles. The van der Waals surface area contributed by atoms with Crippen molar-refractivity contribution in [3.63, 3.8) is 0 Å². The van der Waals surface area contributed by atoms with Crippen LogP contribution in [0.1, 0.15) is 6.92 Å². The van der Waals surface area contributed by atoms with Gasteiger partial charge in [0.15, 0.2) is 9.84 Å². The molecule has 0 saturated heterocycles. The lowest BCUT2D eigenvalue weighted by atomic mass is 10.6. The normalized spacial score (nSPS) is 11.3. The standard InChI is InChI=1S/C7H9NO6S/c1-4(9)14-8-6(10)3-5(7(8)11)15(2,12)13/h3,10-11H,1-2H3. The molecule has 0 unspecified atom stereocenters. The van der Waals surface area contributed by atoms with Crippen LogP contribution in [0.25, 0.3) is 0 Å². The van der Waals surface area contributed by atoms with E-state index in [-0.39, 0.29) is 0 Å². The number of aromatic hydroxyl groups is 2. The van der Waals surface area contributed by atoms with Gasteiger partial charge in [-0.05, 0) is 0 Å². The number of nitrogens with zero attached hydrogens (tertiary/aromatic N) is 1. The zero-order valence-corrected chi connectivity index (χ0v) is 8.78. The average molecular weight is 235 g/mol. The molecular formula is C7H9NO6S. The second-order valence-electron chi connectivity index (χ2n) is 2.84. The van der Waals surface area contributed by atoms with Crippen LogP contribution in [-0.2, 0) is 14.6 Å². The molecule has 15 heavy (non-hydrogen) atoms. The van der Waals surface area contributed by atoms with Crippen molar-refractivity contribution in [2.24, 2.45) is 0 Å². The number of sulfone groups is 1. The lowest BCUT2D eigenvalue weighted by molar-refractivity contribution is -0.142. The van der Waals surface area contributed by atoms with Gasteiger partial charge in [-0.15, -0.1) is 4.73 Å². The highest BCUT2D eigenvalue weighted by Gasteiger charge is 2.23. The lowest BCUT2D eigenvalue weighted by Gasteiger charge is -2.03. The summed E-state index contributed by atoms with van der Waals surface area (Å²) in [7, 11) is -3.69. The quantitative estimate of drug-likeness (QED) is 0.700. The second-order valence-corrected chi connectivity index (χ2v) is 4.82. The van der Waals surface area contributed by atoms with Gasteiger partial charge in [-0.25, -0.2) is 13.2 Å². The zero-order valence-electron chi connectivity index (χ0n) is 7.96. The van der Waals surface area contributed by atoms with Gasteiger partial charge in [0, 0.05) is 19.2 Å². The van der Waals surface area contributed by atoms with E-state index in [2.05, 4.69) is 4.84 Å². The summed E-state index contributed by atoms with van der Waals surface area (Å²) in [5.74, 6) is -2.33. The minimum Gasteiger partial charge on any atom is -0.492 e. The fraction of sp³-hybridized carbons (Fsp3) is 0.286. The minimum absolute atomic E-state index is 0.332. The summed E-state index contributed by atoms with van der Waals surface area (Å²) in [6, 6.07) is 0.785. The van der Waals surface area contributed by atoms with Crippen molar-refractivity contribution in [3.05, 3.63) is 6.07 Å². The molecule has 7 nitrogen and oxygen atoms in total. The molecule has 0 atom stereocenters. The van der Waals surface area contributed by atoms with Gasteiger partial charge in [-0.3, -0.25) is 0 Å². The molecule has 8 heteroatoms. The molecule has 0 spiro atoms. The average Bonchev–Trinajstić information content (AvgIpc) is 2.30. The Hall–Kier alpha value is -1.70. The summed E-state index contributed by atoms with van der Waals surface area (Å²) in [6.07, 6.45) is 0.847. The number of rotatable bonds is 2. The highest BCUT2D eigenvalue weighted by molar-refractivity contribution is 7.90. The molecule has 0 radical (unpaired) electrons. The maximum atomic E-state index is 11.1. The number of hydrogen-bond donors (Lipinski definition) is 2. The molecule has 0 fully saturated rings. The third-order valence-corrected chi connectivity index (χ3v) is 2.60. The molecule has 0 saturated carbocycles. The molecule has 0 aromatic carbocycles. The summed E-state index contributed by atoms with van der Waals surface area (Å²) >= 11 is 0. The Labute approximate surface area is 85.4 Å². The first kappa shape index (κ1) is 11.4. The van der Waals surface area contributed by atoms with E-state index in [0.717, 1.165) is 19.2 Å².